The van der Waals surface area contributed by atoms with Crippen LogP contribution in [0.4, 0.5) is 0 Å². The molecule has 5 atom stereocenters. The number of hydrogen-bond acceptors (Lipinski definition) is 7. The van der Waals surface area contributed by atoms with Crippen LogP contribution in [0.15, 0.2) is 36.3 Å². The number of carbonyl (C=O) groups is 1. The van der Waals surface area contributed by atoms with Crippen molar-refractivity contribution in [3.63, 3.8) is 0 Å². The van der Waals surface area contributed by atoms with Gasteiger partial charge in [0.25, 0.3) is 0 Å². The third kappa shape index (κ3) is 4.09. The number of aryl methyl sites for hydroxylation is 1. The second-order valence-electron chi connectivity index (χ2n) is 5.36. The summed E-state index contributed by atoms with van der Waals surface area (Å²) in [5.41, 5.74) is -0.0396. The number of ether oxygens (including phenoxy) is 2. The van der Waals surface area contributed by atoms with E-state index < -0.39 is 66.9 Å². The van der Waals surface area contributed by atoms with E-state index in [4.69, 9.17) is 21.4 Å². The first-order chi connectivity index (χ1) is 14.0. The number of aliphatic carboxylic acids is 1. The second-order valence-corrected chi connectivity index (χ2v) is 5.36. The van der Waals surface area contributed by atoms with E-state index in [2.05, 4.69) is 5.10 Å². The van der Waals surface area contributed by atoms with Crippen LogP contribution in [0.2, 0.25) is 0 Å². The van der Waals surface area contributed by atoms with E-state index in [0.29, 0.717) is 5.69 Å². The van der Waals surface area contributed by atoms with E-state index in [-0.39, 0.29) is 41.1 Å². The zero-order valence-corrected chi connectivity index (χ0v) is 15.9. The fraction of sp³-hybridized carbons (Fsp3) is 0.375. The molecular formula is C16H18N2NaO7. The molecule has 3 rings (SSSR count). The van der Waals surface area contributed by atoms with Crippen molar-refractivity contribution in [3.05, 3.63) is 42.0 Å². The molecule has 1 aromatic heterocycles. The summed E-state index contributed by atoms with van der Waals surface area (Å²) in [6.07, 6.45) is -9.32. The van der Waals surface area contributed by atoms with Crippen molar-refractivity contribution >= 4 is 35.5 Å². The molecule has 0 spiro atoms. The molecule has 1 saturated heterocycles. The first-order valence-electron chi connectivity index (χ1n) is 9.68. The molecule has 0 aliphatic carbocycles. The molecule has 26 heavy (non-hydrogen) atoms. The number of aliphatic hydroxyl groups excluding tert-OH is 3. The van der Waals surface area contributed by atoms with Crippen molar-refractivity contribution in [1.82, 2.24) is 9.78 Å². The maximum Gasteiger partial charge on any atom is 0.335 e. The van der Waals surface area contributed by atoms with E-state index in [1.165, 1.54) is 13.0 Å². The Morgan fingerprint density at radius 1 is 1.23 bits per heavy atom. The summed E-state index contributed by atoms with van der Waals surface area (Å²) >= 11 is 0. The quantitative estimate of drug-likeness (QED) is 0.502. The van der Waals surface area contributed by atoms with Gasteiger partial charge in [0.05, 0.1) is 18.2 Å². The molecule has 9 nitrogen and oxygen atoms in total. The average Bonchev–Trinajstić information content (AvgIpc) is 3.04. The number of carboxylic acid groups (broad SMARTS) is 1. The fourth-order valence-electron chi connectivity index (χ4n) is 2.34. The van der Waals surface area contributed by atoms with Crippen molar-refractivity contribution in [2.75, 3.05) is 0 Å². The van der Waals surface area contributed by atoms with E-state index in [0.717, 1.165) is 4.68 Å². The zero-order chi connectivity index (χ0) is 22.5. The molecular weight excluding hydrogens is 355 g/mol. The van der Waals surface area contributed by atoms with Crippen molar-refractivity contribution in [2.45, 2.75) is 37.6 Å². The van der Waals surface area contributed by atoms with Gasteiger partial charge in [-0.15, -0.1) is 0 Å². The largest absolute Gasteiger partial charge is 0.479 e. The molecule has 135 valence electrons. The monoisotopic (exact) mass is 378 g/mol. The Morgan fingerprint density at radius 2 is 1.88 bits per heavy atom. The van der Waals surface area contributed by atoms with Gasteiger partial charge in [-0.2, -0.15) is 5.10 Å². The van der Waals surface area contributed by atoms with Crippen LogP contribution in [0, 0.1) is 6.92 Å². The summed E-state index contributed by atoms with van der Waals surface area (Å²) in [4.78, 5) is 11.2. The summed E-state index contributed by atoms with van der Waals surface area (Å²) in [6, 6.07) is -1.67. The summed E-state index contributed by atoms with van der Waals surface area (Å²) in [6.45, 7) is 1.52. The van der Waals surface area contributed by atoms with Gasteiger partial charge in [-0.3, -0.25) is 0 Å². The fourth-order valence-corrected chi connectivity index (χ4v) is 2.34. The molecule has 0 bridgehead atoms. The minimum absolute atomic E-state index is 0. The van der Waals surface area contributed by atoms with Crippen LogP contribution in [0.3, 0.4) is 0 Å². The number of rotatable bonds is 4. The Morgan fingerprint density at radius 3 is 2.50 bits per heavy atom. The first-order valence-corrected chi connectivity index (χ1v) is 7.18. The summed E-state index contributed by atoms with van der Waals surface area (Å²) in [7, 11) is 0. The Balaban J connectivity index is 0.00000341. The van der Waals surface area contributed by atoms with Gasteiger partial charge in [-0.1, -0.05) is 18.1 Å². The molecule has 4 N–H and O–H groups in total. The maximum absolute atomic E-state index is 11.2. The predicted molar refractivity (Wildman–Crippen MR) is 89.0 cm³/mol. The smallest absolute Gasteiger partial charge is 0.335 e. The van der Waals surface area contributed by atoms with Gasteiger partial charge >= 0.3 is 5.97 Å². The van der Waals surface area contributed by atoms with E-state index in [1.54, 1.807) is 0 Å². The molecule has 10 heteroatoms. The molecule has 1 aromatic carbocycles. The van der Waals surface area contributed by atoms with Crippen LogP contribution in [-0.2, 0) is 9.53 Å². The number of hydrogen-bond donors (Lipinski definition) is 4. The second kappa shape index (κ2) is 8.49. The standard InChI is InChI=1S/C16H18N2O7.Na/c1-8-7-10(18(17-8)9-5-3-2-4-6-9)24-16-13(21)11(19)12(20)14(25-16)15(22)23;/h2-7,11-14,16,19-21H,1H3,(H,22,23);/t11-,12-,13+,14-,16+;/m0./s1/i2D,3D,4D,5D,6D;. The molecule has 1 aliphatic rings. The molecule has 0 unspecified atom stereocenters. The van der Waals surface area contributed by atoms with E-state index in [1.807, 2.05) is 0 Å². The van der Waals surface area contributed by atoms with Crippen LogP contribution < -0.4 is 4.74 Å². The molecule has 2 heterocycles. The predicted octanol–water partition coefficient (Wildman–Crippen LogP) is -0.929. The van der Waals surface area contributed by atoms with Crippen molar-refractivity contribution in [2.24, 2.45) is 0 Å². The first kappa shape index (κ1) is 14.6. The van der Waals surface area contributed by atoms with E-state index >= 15 is 0 Å². The van der Waals surface area contributed by atoms with Gasteiger partial charge in [-0.25, -0.2) is 9.48 Å². The van der Waals surface area contributed by atoms with Gasteiger partial charge in [0.2, 0.25) is 12.2 Å². The summed E-state index contributed by atoms with van der Waals surface area (Å²) < 4.78 is 50.8. The van der Waals surface area contributed by atoms with Gasteiger partial charge in [0.1, 0.15) is 18.3 Å². The van der Waals surface area contributed by atoms with Gasteiger partial charge in [-0.05, 0) is 19.0 Å². The number of para-hydroxylation sites is 1. The Labute approximate surface area is 178 Å². The summed E-state index contributed by atoms with van der Waals surface area (Å²) in [5.74, 6) is -1.85. The van der Waals surface area contributed by atoms with Crippen LogP contribution >= 0.6 is 0 Å². The van der Waals surface area contributed by atoms with Crippen LogP contribution in [0.25, 0.3) is 5.69 Å². The van der Waals surface area contributed by atoms with Crippen molar-refractivity contribution < 1.29 is 41.5 Å². The topological polar surface area (TPSA) is 134 Å². The van der Waals surface area contributed by atoms with Crippen molar-refractivity contribution in [1.29, 1.82) is 0 Å². The molecule has 0 saturated carbocycles. The minimum atomic E-state index is -1.91. The third-order valence-electron chi connectivity index (χ3n) is 3.55. The number of carboxylic acids is 1. The zero-order valence-electron chi connectivity index (χ0n) is 18.9. The van der Waals surface area contributed by atoms with Gasteiger partial charge < -0.3 is 29.9 Å². The van der Waals surface area contributed by atoms with Crippen molar-refractivity contribution in [3.8, 4) is 11.6 Å². The number of aromatic nitrogens is 2. The van der Waals surface area contributed by atoms with Crippen LogP contribution in [0.1, 0.15) is 12.5 Å². The summed E-state index contributed by atoms with van der Waals surface area (Å²) in [5, 5.41) is 43.0. The number of benzene rings is 1. The molecule has 1 radical (unpaired) electrons. The molecule has 0 amide bonds. The normalized spacial score (nSPS) is 30.9. The Bertz CT molecular complexity index is 978. The number of aliphatic hydroxyl groups is 3. The maximum atomic E-state index is 11.2. The SMILES string of the molecule is [2H]c1c([2H])c([2H])c(-n2nc(C)cc2O[C@@H]2O[C@H](C(=O)O)[C@@H](O)[C@H](O)[C@H]2O)c([2H])c1[2H].[Na]. The van der Waals surface area contributed by atoms with Gasteiger partial charge in [0, 0.05) is 35.6 Å². The Kier molecular flexibility index (Phi) is 4.76. The molecule has 2 aromatic rings. The Hall–Kier alpha value is -1.46. The number of nitrogens with zero attached hydrogens (tertiary/aromatic N) is 2. The molecule has 1 aliphatic heterocycles. The van der Waals surface area contributed by atoms with E-state index in [9.17, 15) is 20.1 Å². The van der Waals surface area contributed by atoms with Crippen LogP contribution in [-0.4, -0.2) is 96.4 Å². The van der Waals surface area contributed by atoms with Gasteiger partial charge in [0.15, 0.2) is 6.10 Å². The van der Waals surface area contributed by atoms with Crippen LogP contribution in [0.5, 0.6) is 5.88 Å². The minimum Gasteiger partial charge on any atom is -0.479 e. The third-order valence-corrected chi connectivity index (χ3v) is 3.55. The average molecular weight is 378 g/mol. The molecule has 1 fully saturated rings.